The molecule has 1 aliphatic heterocycles. The van der Waals surface area contributed by atoms with Crippen molar-refractivity contribution in [2.75, 3.05) is 32.8 Å². The number of carbonyl (C=O) groups is 1. The molecular weight excluding hydrogens is 218 g/mol. The number of amides is 2. The van der Waals surface area contributed by atoms with Gasteiger partial charge < -0.3 is 15.4 Å². The number of nitrogens with zero attached hydrogens (tertiary/aromatic N) is 1. The summed E-state index contributed by atoms with van der Waals surface area (Å²) in [6.07, 6.45) is 3.56. The molecule has 17 heavy (non-hydrogen) atoms. The fourth-order valence-corrected chi connectivity index (χ4v) is 2.24. The van der Waals surface area contributed by atoms with Crippen molar-refractivity contribution in [2.45, 2.75) is 38.3 Å². The standard InChI is InChI=1S/C12H23N3O2/c1-2-15(11-3-4-11)7-6-13-12(16)14-10-5-8-17-9-10/h10-11H,2-9H2,1H3,(H2,13,14,16). The molecule has 1 heterocycles. The number of hydrogen-bond acceptors (Lipinski definition) is 3. The molecule has 1 atom stereocenters. The van der Waals surface area contributed by atoms with E-state index >= 15 is 0 Å². The smallest absolute Gasteiger partial charge is 0.315 e. The van der Waals surface area contributed by atoms with E-state index in [1.54, 1.807) is 0 Å². The Balaban J connectivity index is 1.55. The number of rotatable bonds is 6. The highest BCUT2D eigenvalue weighted by Crippen LogP contribution is 2.25. The van der Waals surface area contributed by atoms with Crippen molar-refractivity contribution in [3.8, 4) is 0 Å². The van der Waals surface area contributed by atoms with Gasteiger partial charge in [0.05, 0.1) is 12.6 Å². The van der Waals surface area contributed by atoms with Crippen LogP contribution in [0.15, 0.2) is 0 Å². The normalized spacial score (nSPS) is 24.0. The van der Waals surface area contributed by atoms with E-state index in [2.05, 4.69) is 22.5 Å². The molecule has 0 aromatic carbocycles. The van der Waals surface area contributed by atoms with Crippen LogP contribution in [-0.4, -0.2) is 55.9 Å². The average Bonchev–Trinajstić information content (AvgIpc) is 3.03. The highest BCUT2D eigenvalue weighted by molar-refractivity contribution is 5.74. The van der Waals surface area contributed by atoms with Crippen molar-refractivity contribution < 1.29 is 9.53 Å². The lowest BCUT2D eigenvalue weighted by Gasteiger charge is -2.20. The van der Waals surface area contributed by atoms with Gasteiger partial charge in [0.1, 0.15) is 0 Å². The molecular formula is C12H23N3O2. The minimum atomic E-state index is -0.0626. The lowest BCUT2D eigenvalue weighted by Crippen LogP contribution is -2.45. The van der Waals surface area contributed by atoms with E-state index in [1.165, 1.54) is 12.8 Å². The van der Waals surface area contributed by atoms with Gasteiger partial charge in [-0.15, -0.1) is 0 Å². The van der Waals surface area contributed by atoms with Gasteiger partial charge in [-0.25, -0.2) is 4.79 Å². The van der Waals surface area contributed by atoms with Crippen molar-refractivity contribution in [1.82, 2.24) is 15.5 Å². The lowest BCUT2D eigenvalue weighted by molar-refractivity contribution is 0.188. The molecule has 0 aromatic heterocycles. The van der Waals surface area contributed by atoms with Crippen molar-refractivity contribution in [3.63, 3.8) is 0 Å². The summed E-state index contributed by atoms with van der Waals surface area (Å²) in [5.74, 6) is 0. The van der Waals surface area contributed by atoms with Crippen molar-refractivity contribution in [3.05, 3.63) is 0 Å². The number of ether oxygens (including phenoxy) is 1. The van der Waals surface area contributed by atoms with E-state index in [0.29, 0.717) is 6.61 Å². The third-order valence-corrected chi connectivity index (χ3v) is 3.42. The summed E-state index contributed by atoms with van der Waals surface area (Å²) in [5, 5.41) is 5.83. The minimum Gasteiger partial charge on any atom is -0.379 e. The van der Waals surface area contributed by atoms with Gasteiger partial charge in [-0.2, -0.15) is 0 Å². The quantitative estimate of drug-likeness (QED) is 0.714. The summed E-state index contributed by atoms with van der Waals surface area (Å²) in [4.78, 5) is 14.0. The number of carbonyl (C=O) groups excluding carboxylic acids is 1. The summed E-state index contributed by atoms with van der Waals surface area (Å²) < 4.78 is 5.21. The first-order valence-electron chi connectivity index (χ1n) is 6.65. The van der Waals surface area contributed by atoms with Gasteiger partial charge in [-0.3, -0.25) is 4.90 Å². The topological polar surface area (TPSA) is 53.6 Å². The molecule has 0 bridgehead atoms. The highest BCUT2D eigenvalue weighted by Gasteiger charge is 2.27. The van der Waals surface area contributed by atoms with E-state index < -0.39 is 0 Å². The van der Waals surface area contributed by atoms with E-state index in [9.17, 15) is 4.79 Å². The van der Waals surface area contributed by atoms with Gasteiger partial charge in [0.15, 0.2) is 0 Å². The maximum Gasteiger partial charge on any atom is 0.315 e. The van der Waals surface area contributed by atoms with Crippen LogP contribution < -0.4 is 10.6 Å². The molecule has 1 unspecified atom stereocenters. The SMILES string of the molecule is CCN(CCNC(=O)NC1CCOC1)C1CC1. The summed E-state index contributed by atoms with van der Waals surface area (Å²) in [6, 6.07) is 0.904. The van der Waals surface area contributed by atoms with Crippen LogP contribution in [0.25, 0.3) is 0 Å². The fraction of sp³-hybridized carbons (Fsp3) is 0.917. The summed E-state index contributed by atoms with van der Waals surface area (Å²) >= 11 is 0. The van der Waals surface area contributed by atoms with Crippen LogP contribution >= 0.6 is 0 Å². The molecule has 0 radical (unpaired) electrons. The van der Waals surface area contributed by atoms with Gasteiger partial charge in [-0.1, -0.05) is 6.92 Å². The van der Waals surface area contributed by atoms with E-state index in [1.807, 2.05) is 0 Å². The second kappa shape index (κ2) is 6.21. The third-order valence-electron chi connectivity index (χ3n) is 3.42. The third kappa shape index (κ3) is 4.16. The summed E-state index contributed by atoms with van der Waals surface area (Å²) in [7, 11) is 0. The van der Waals surface area contributed by atoms with Crippen LogP contribution in [0.3, 0.4) is 0 Å². The molecule has 98 valence electrons. The number of likely N-dealkylation sites (N-methyl/N-ethyl adjacent to an activating group) is 1. The first-order valence-corrected chi connectivity index (χ1v) is 6.65. The molecule has 2 rings (SSSR count). The largest absolute Gasteiger partial charge is 0.379 e. The fourth-order valence-electron chi connectivity index (χ4n) is 2.24. The Kier molecular flexibility index (Phi) is 4.62. The van der Waals surface area contributed by atoms with Crippen molar-refractivity contribution >= 4 is 6.03 Å². The van der Waals surface area contributed by atoms with Crippen LogP contribution in [-0.2, 0) is 4.74 Å². The van der Waals surface area contributed by atoms with Gasteiger partial charge in [0, 0.05) is 25.7 Å². The molecule has 1 aliphatic carbocycles. The minimum absolute atomic E-state index is 0.0626. The summed E-state index contributed by atoms with van der Waals surface area (Å²) in [5.41, 5.74) is 0. The van der Waals surface area contributed by atoms with Crippen LogP contribution in [0.1, 0.15) is 26.2 Å². The van der Waals surface area contributed by atoms with Gasteiger partial charge in [0.25, 0.3) is 0 Å². The maximum absolute atomic E-state index is 11.6. The molecule has 2 fully saturated rings. The molecule has 5 heteroatoms. The number of nitrogens with one attached hydrogen (secondary N) is 2. The summed E-state index contributed by atoms with van der Waals surface area (Å²) in [6.45, 7) is 6.34. The van der Waals surface area contributed by atoms with E-state index in [0.717, 1.165) is 38.7 Å². The van der Waals surface area contributed by atoms with Gasteiger partial charge >= 0.3 is 6.03 Å². The van der Waals surface area contributed by atoms with Crippen LogP contribution in [0.5, 0.6) is 0 Å². The van der Waals surface area contributed by atoms with Crippen LogP contribution in [0.4, 0.5) is 4.79 Å². The Morgan fingerprint density at radius 3 is 2.82 bits per heavy atom. The average molecular weight is 241 g/mol. The molecule has 1 saturated heterocycles. The second-order valence-electron chi connectivity index (χ2n) is 4.82. The molecule has 2 amide bonds. The Labute approximate surface area is 103 Å². The van der Waals surface area contributed by atoms with Crippen molar-refractivity contribution in [1.29, 1.82) is 0 Å². The highest BCUT2D eigenvalue weighted by atomic mass is 16.5. The zero-order chi connectivity index (χ0) is 12.1. The molecule has 1 saturated carbocycles. The van der Waals surface area contributed by atoms with E-state index in [-0.39, 0.29) is 12.1 Å². The van der Waals surface area contributed by atoms with Gasteiger partial charge in [-0.05, 0) is 25.8 Å². The molecule has 2 aliphatic rings. The molecule has 5 nitrogen and oxygen atoms in total. The molecule has 2 N–H and O–H groups in total. The first-order chi connectivity index (χ1) is 8.29. The van der Waals surface area contributed by atoms with E-state index in [4.69, 9.17) is 4.74 Å². The van der Waals surface area contributed by atoms with Gasteiger partial charge in [0.2, 0.25) is 0 Å². The molecule has 0 spiro atoms. The Morgan fingerprint density at radius 1 is 1.41 bits per heavy atom. The van der Waals surface area contributed by atoms with Crippen LogP contribution in [0, 0.1) is 0 Å². The lowest BCUT2D eigenvalue weighted by atomic mass is 10.3. The zero-order valence-corrected chi connectivity index (χ0v) is 10.6. The Hall–Kier alpha value is -0.810. The maximum atomic E-state index is 11.6. The monoisotopic (exact) mass is 241 g/mol. The van der Waals surface area contributed by atoms with Crippen LogP contribution in [0.2, 0.25) is 0 Å². The zero-order valence-electron chi connectivity index (χ0n) is 10.6. The number of urea groups is 1. The predicted octanol–water partition coefficient (Wildman–Crippen LogP) is 0.559. The second-order valence-corrected chi connectivity index (χ2v) is 4.82. The predicted molar refractivity (Wildman–Crippen MR) is 66.0 cm³/mol. The Bertz CT molecular complexity index is 250. The van der Waals surface area contributed by atoms with Crippen molar-refractivity contribution in [2.24, 2.45) is 0 Å². The Morgan fingerprint density at radius 2 is 2.24 bits per heavy atom. The molecule has 0 aromatic rings. The number of hydrogen-bond donors (Lipinski definition) is 2. The first kappa shape index (κ1) is 12.6.